The Morgan fingerprint density at radius 2 is 2.21 bits per heavy atom. The van der Waals surface area contributed by atoms with Crippen LogP contribution in [-0.2, 0) is 5.88 Å². The molecule has 19 heavy (non-hydrogen) atoms. The van der Waals surface area contributed by atoms with Crippen LogP contribution in [0.2, 0.25) is 0 Å². The second-order valence-corrected chi connectivity index (χ2v) is 6.25. The highest BCUT2D eigenvalue weighted by Crippen LogP contribution is 2.47. The maximum absolute atomic E-state index is 12.1. The van der Waals surface area contributed by atoms with E-state index < -0.39 is 0 Å². The molecule has 1 aromatic carbocycles. The van der Waals surface area contributed by atoms with Gasteiger partial charge in [-0.3, -0.25) is 4.79 Å². The lowest BCUT2D eigenvalue weighted by Gasteiger charge is -2.21. The van der Waals surface area contributed by atoms with Gasteiger partial charge in [-0.15, -0.1) is 11.6 Å². The maximum Gasteiger partial charge on any atom is 0.251 e. The summed E-state index contributed by atoms with van der Waals surface area (Å²) in [5.74, 6) is 2.99. The zero-order chi connectivity index (χ0) is 13.2. The molecule has 2 fully saturated rings. The summed E-state index contributed by atoms with van der Waals surface area (Å²) in [6.45, 7) is 0.838. The standard InChI is InChI=1S/C16H20ClNO/c17-9-12-2-1-3-14(8-12)16(19)18-10-15-7-11-4-5-13(15)6-11/h1-3,8,11,13,15H,4-7,9-10H2,(H,18,19). The fourth-order valence-corrected chi connectivity index (χ4v) is 3.91. The van der Waals surface area contributed by atoms with E-state index in [0.29, 0.717) is 11.8 Å². The Balaban J connectivity index is 1.56. The van der Waals surface area contributed by atoms with Crippen LogP contribution in [-0.4, -0.2) is 12.5 Å². The number of fused-ring (bicyclic) bond motifs is 2. The van der Waals surface area contributed by atoms with E-state index in [1.165, 1.54) is 25.7 Å². The molecule has 1 amide bonds. The Labute approximate surface area is 119 Å². The molecule has 1 N–H and O–H groups in total. The third-order valence-electron chi connectivity index (χ3n) is 4.75. The third kappa shape index (κ3) is 2.79. The topological polar surface area (TPSA) is 29.1 Å². The zero-order valence-corrected chi connectivity index (χ0v) is 11.8. The molecule has 3 atom stereocenters. The van der Waals surface area contributed by atoms with Crippen molar-refractivity contribution in [1.82, 2.24) is 5.32 Å². The second-order valence-electron chi connectivity index (χ2n) is 5.98. The summed E-state index contributed by atoms with van der Waals surface area (Å²) < 4.78 is 0. The highest BCUT2D eigenvalue weighted by molar-refractivity contribution is 6.17. The number of rotatable bonds is 4. The number of halogens is 1. The van der Waals surface area contributed by atoms with Gasteiger partial charge in [-0.1, -0.05) is 18.6 Å². The van der Waals surface area contributed by atoms with Crippen molar-refractivity contribution in [3.8, 4) is 0 Å². The van der Waals surface area contributed by atoms with Crippen LogP contribution in [0, 0.1) is 17.8 Å². The molecule has 3 unspecified atom stereocenters. The van der Waals surface area contributed by atoms with E-state index in [-0.39, 0.29) is 5.91 Å². The first-order valence-corrected chi connectivity index (χ1v) is 7.73. The predicted octanol–water partition coefficient (Wildman–Crippen LogP) is 3.59. The Bertz CT molecular complexity index is 474. The molecular formula is C16H20ClNO. The molecule has 1 aromatic rings. The maximum atomic E-state index is 12.1. The van der Waals surface area contributed by atoms with Gasteiger partial charge in [-0.05, 0) is 54.7 Å². The number of hydrogen-bond donors (Lipinski definition) is 1. The second kappa shape index (κ2) is 5.54. The van der Waals surface area contributed by atoms with Gasteiger partial charge in [0.15, 0.2) is 0 Å². The van der Waals surface area contributed by atoms with Crippen LogP contribution in [0.25, 0.3) is 0 Å². The normalized spacial score (nSPS) is 28.6. The minimum absolute atomic E-state index is 0.0368. The lowest BCUT2D eigenvalue weighted by molar-refractivity contribution is 0.0941. The molecule has 2 nitrogen and oxygen atoms in total. The van der Waals surface area contributed by atoms with Crippen LogP contribution in [0.4, 0.5) is 0 Å². The van der Waals surface area contributed by atoms with Gasteiger partial charge in [0.1, 0.15) is 0 Å². The van der Waals surface area contributed by atoms with Crippen LogP contribution < -0.4 is 5.32 Å². The van der Waals surface area contributed by atoms with Gasteiger partial charge >= 0.3 is 0 Å². The van der Waals surface area contributed by atoms with Gasteiger partial charge in [0, 0.05) is 18.0 Å². The first-order valence-electron chi connectivity index (χ1n) is 7.19. The third-order valence-corrected chi connectivity index (χ3v) is 5.06. The van der Waals surface area contributed by atoms with Gasteiger partial charge < -0.3 is 5.32 Å². The van der Waals surface area contributed by atoms with E-state index in [4.69, 9.17) is 11.6 Å². The summed E-state index contributed by atoms with van der Waals surface area (Å²) in [7, 11) is 0. The molecule has 0 radical (unpaired) electrons. The molecular weight excluding hydrogens is 258 g/mol. The average Bonchev–Trinajstić information content (AvgIpc) is 3.07. The Hall–Kier alpha value is -1.02. The van der Waals surface area contributed by atoms with Gasteiger partial charge in [-0.25, -0.2) is 0 Å². The molecule has 2 saturated carbocycles. The number of nitrogens with one attached hydrogen (secondary N) is 1. The summed E-state index contributed by atoms with van der Waals surface area (Å²) in [6, 6.07) is 7.57. The van der Waals surface area contributed by atoms with Crippen molar-refractivity contribution >= 4 is 17.5 Å². The SMILES string of the molecule is O=C(NCC1CC2CCC1C2)c1cccc(CCl)c1. The molecule has 0 spiro atoms. The lowest BCUT2D eigenvalue weighted by atomic mass is 9.89. The van der Waals surface area contributed by atoms with Gasteiger partial charge in [0.2, 0.25) is 0 Å². The summed E-state index contributed by atoms with van der Waals surface area (Å²) in [6.07, 6.45) is 5.48. The minimum Gasteiger partial charge on any atom is -0.352 e. The van der Waals surface area contributed by atoms with Crippen molar-refractivity contribution in [1.29, 1.82) is 0 Å². The van der Waals surface area contributed by atoms with Crippen molar-refractivity contribution in [3.05, 3.63) is 35.4 Å². The average molecular weight is 278 g/mol. The Morgan fingerprint density at radius 1 is 1.32 bits per heavy atom. The Kier molecular flexibility index (Phi) is 3.79. The predicted molar refractivity (Wildman–Crippen MR) is 77.3 cm³/mol. The first kappa shape index (κ1) is 13.0. The monoisotopic (exact) mass is 277 g/mol. The molecule has 2 bridgehead atoms. The van der Waals surface area contributed by atoms with E-state index in [0.717, 1.165) is 29.5 Å². The molecule has 0 aliphatic heterocycles. The zero-order valence-electron chi connectivity index (χ0n) is 11.1. The lowest BCUT2D eigenvalue weighted by Crippen LogP contribution is -2.31. The van der Waals surface area contributed by atoms with Gasteiger partial charge in [-0.2, -0.15) is 0 Å². The molecule has 102 valence electrons. The molecule has 0 saturated heterocycles. The van der Waals surface area contributed by atoms with Crippen molar-refractivity contribution in [2.45, 2.75) is 31.6 Å². The fourth-order valence-electron chi connectivity index (χ4n) is 3.75. The minimum atomic E-state index is 0.0368. The molecule has 0 heterocycles. The van der Waals surface area contributed by atoms with Crippen molar-refractivity contribution in [2.24, 2.45) is 17.8 Å². The number of carbonyl (C=O) groups is 1. The number of hydrogen-bond acceptors (Lipinski definition) is 1. The molecule has 3 heteroatoms. The van der Waals surface area contributed by atoms with E-state index >= 15 is 0 Å². The Morgan fingerprint density at radius 3 is 2.89 bits per heavy atom. The van der Waals surface area contributed by atoms with Crippen LogP contribution in [0.15, 0.2) is 24.3 Å². The molecule has 3 rings (SSSR count). The van der Waals surface area contributed by atoms with E-state index in [1.54, 1.807) is 0 Å². The quantitative estimate of drug-likeness (QED) is 0.837. The van der Waals surface area contributed by atoms with Gasteiger partial charge in [0.05, 0.1) is 0 Å². The summed E-state index contributed by atoms with van der Waals surface area (Å²) in [5.41, 5.74) is 1.72. The number of carbonyl (C=O) groups excluding carboxylic acids is 1. The highest BCUT2D eigenvalue weighted by atomic mass is 35.5. The first-order chi connectivity index (χ1) is 9.26. The number of amides is 1. The number of benzene rings is 1. The van der Waals surface area contributed by atoms with Crippen LogP contribution in [0.3, 0.4) is 0 Å². The largest absolute Gasteiger partial charge is 0.352 e. The summed E-state index contributed by atoms with van der Waals surface area (Å²) in [4.78, 5) is 12.1. The van der Waals surface area contributed by atoms with Crippen LogP contribution in [0.5, 0.6) is 0 Å². The van der Waals surface area contributed by atoms with Crippen LogP contribution in [0.1, 0.15) is 41.6 Å². The van der Waals surface area contributed by atoms with Crippen molar-refractivity contribution < 1.29 is 4.79 Å². The van der Waals surface area contributed by atoms with E-state index in [2.05, 4.69) is 5.32 Å². The summed E-state index contributed by atoms with van der Waals surface area (Å²) >= 11 is 5.80. The van der Waals surface area contributed by atoms with Crippen molar-refractivity contribution in [3.63, 3.8) is 0 Å². The van der Waals surface area contributed by atoms with E-state index in [9.17, 15) is 4.79 Å². The number of alkyl halides is 1. The van der Waals surface area contributed by atoms with Crippen LogP contribution >= 0.6 is 11.6 Å². The van der Waals surface area contributed by atoms with E-state index in [1.807, 2.05) is 24.3 Å². The van der Waals surface area contributed by atoms with Gasteiger partial charge in [0.25, 0.3) is 5.91 Å². The van der Waals surface area contributed by atoms with Crippen molar-refractivity contribution in [2.75, 3.05) is 6.54 Å². The fraction of sp³-hybridized carbons (Fsp3) is 0.562. The smallest absolute Gasteiger partial charge is 0.251 e. The molecule has 0 aromatic heterocycles. The summed E-state index contributed by atoms with van der Waals surface area (Å²) in [5, 5.41) is 3.10. The molecule has 2 aliphatic rings. The highest BCUT2D eigenvalue weighted by Gasteiger charge is 2.39. The molecule has 2 aliphatic carbocycles.